The highest BCUT2D eigenvalue weighted by Gasteiger charge is 2.33. The number of nitrogens with one attached hydrogen (secondary N) is 2. The smallest absolute Gasteiger partial charge is 0.255 e. The van der Waals surface area contributed by atoms with Crippen LogP contribution >= 0.6 is 11.6 Å². The van der Waals surface area contributed by atoms with E-state index in [0.29, 0.717) is 66.2 Å². The van der Waals surface area contributed by atoms with E-state index in [2.05, 4.69) is 26.7 Å². The van der Waals surface area contributed by atoms with Gasteiger partial charge in [0.1, 0.15) is 11.7 Å². The molecule has 40 heavy (non-hydrogen) atoms. The van der Waals surface area contributed by atoms with Crippen LogP contribution in [0.5, 0.6) is 0 Å². The normalized spacial score (nSPS) is 16.2. The lowest BCUT2D eigenvalue weighted by Gasteiger charge is -2.30. The van der Waals surface area contributed by atoms with E-state index in [1.165, 1.54) is 6.07 Å². The van der Waals surface area contributed by atoms with Crippen LogP contribution in [0.3, 0.4) is 0 Å². The molecule has 0 atom stereocenters. The molecule has 0 unspecified atom stereocenters. The number of ether oxygens (including phenoxy) is 1. The van der Waals surface area contributed by atoms with Gasteiger partial charge < -0.3 is 20.3 Å². The molecule has 1 saturated heterocycles. The summed E-state index contributed by atoms with van der Waals surface area (Å²) >= 11 is 6.55. The van der Waals surface area contributed by atoms with Gasteiger partial charge in [-0.05, 0) is 49.8 Å². The second kappa shape index (κ2) is 10.0. The first-order valence-corrected chi connectivity index (χ1v) is 13.2. The van der Waals surface area contributed by atoms with Crippen molar-refractivity contribution in [1.82, 2.24) is 9.97 Å². The summed E-state index contributed by atoms with van der Waals surface area (Å²) in [5.41, 5.74) is 1.51. The van der Waals surface area contributed by atoms with Crippen LogP contribution < -0.4 is 15.5 Å². The van der Waals surface area contributed by atoms with E-state index in [9.17, 15) is 10.1 Å². The fourth-order valence-electron chi connectivity index (χ4n) is 4.76. The largest absolute Gasteiger partial charge is 0.377 e. The first-order valence-electron chi connectivity index (χ1n) is 12.8. The Morgan fingerprint density at radius 2 is 2.10 bits per heavy atom. The molecule has 0 aliphatic carbocycles. The van der Waals surface area contributed by atoms with E-state index >= 15 is 4.39 Å². The maximum atomic E-state index is 16.1. The lowest BCUT2D eigenvalue weighted by molar-refractivity contribution is 0.0208. The van der Waals surface area contributed by atoms with Gasteiger partial charge in [0, 0.05) is 35.0 Å². The number of hydrogen-bond acceptors (Lipinski definition) is 8. The van der Waals surface area contributed by atoms with Gasteiger partial charge in [0.15, 0.2) is 5.82 Å². The topological polar surface area (TPSA) is 116 Å². The highest BCUT2D eigenvalue weighted by molar-refractivity contribution is 6.40. The van der Waals surface area contributed by atoms with Crippen molar-refractivity contribution in [2.45, 2.75) is 25.3 Å². The standard InChI is InChI=1S/C29H25ClFN7O2/c1-29(2,15-32)18-5-3-4-16(10-18)27(39)36-22-7-6-21(30)23(24(22)31)20-11-17-12-34-28(35-19-13-40-14-19)37-25(17)38-9-8-33-26(20)38/h3-7,10-12,19H,8-9,13-14H2,1-2H3,(H,36,39)(H,34,35,37). The number of rotatable bonds is 6. The van der Waals surface area contributed by atoms with Gasteiger partial charge in [-0.25, -0.2) is 9.37 Å². The van der Waals surface area contributed by atoms with Gasteiger partial charge in [0.2, 0.25) is 5.95 Å². The van der Waals surface area contributed by atoms with Crippen LogP contribution in [0, 0.1) is 17.1 Å². The highest BCUT2D eigenvalue weighted by atomic mass is 35.5. The Morgan fingerprint density at radius 1 is 1.27 bits per heavy atom. The summed E-state index contributed by atoms with van der Waals surface area (Å²) in [4.78, 5) is 28.8. The molecule has 3 aliphatic rings. The van der Waals surface area contributed by atoms with Crippen molar-refractivity contribution in [2.75, 3.05) is 41.8 Å². The minimum absolute atomic E-state index is 0.0234. The number of nitrogens with zero attached hydrogens (tertiary/aromatic N) is 5. The van der Waals surface area contributed by atoms with E-state index in [1.807, 2.05) is 4.90 Å². The zero-order chi connectivity index (χ0) is 28.0. The molecule has 2 N–H and O–H groups in total. The molecule has 202 valence electrons. The Bertz CT molecular complexity index is 1640. The number of nitriles is 1. The summed E-state index contributed by atoms with van der Waals surface area (Å²) in [6.07, 6.45) is 3.46. The zero-order valence-electron chi connectivity index (χ0n) is 21.8. The molecule has 0 spiro atoms. The average Bonchev–Trinajstić information content (AvgIpc) is 3.43. The van der Waals surface area contributed by atoms with Crippen LogP contribution in [0.15, 0.2) is 47.6 Å². The number of fused-ring (bicyclic) bond motifs is 3. The van der Waals surface area contributed by atoms with E-state index in [4.69, 9.17) is 21.3 Å². The van der Waals surface area contributed by atoms with E-state index < -0.39 is 17.1 Å². The molecule has 0 bridgehead atoms. The van der Waals surface area contributed by atoms with Gasteiger partial charge >= 0.3 is 0 Å². The maximum absolute atomic E-state index is 16.1. The van der Waals surface area contributed by atoms with Crippen LogP contribution in [0.2, 0.25) is 5.02 Å². The molecule has 6 rings (SSSR count). The van der Waals surface area contributed by atoms with E-state index in [-0.39, 0.29) is 22.3 Å². The lowest BCUT2D eigenvalue weighted by Crippen LogP contribution is -2.41. The SMILES string of the molecule is CC(C)(C#N)c1cccc(C(=O)Nc2ccc(Cl)c(C3=Cc4cnc(NC5COC5)nc4N4CCN=C34)c2F)c1. The van der Waals surface area contributed by atoms with Crippen molar-refractivity contribution >= 4 is 52.4 Å². The number of aromatic nitrogens is 2. The number of anilines is 3. The van der Waals surface area contributed by atoms with Crippen molar-refractivity contribution in [3.05, 3.63) is 75.7 Å². The predicted molar refractivity (Wildman–Crippen MR) is 152 cm³/mol. The number of halogens is 2. The molecule has 3 aliphatic heterocycles. The minimum atomic E-state index is -0.779. The molecular formula is C29H25ClFN7O2. The van der Waals surface area contributed by atoms with Crippen LogP contribution in [-0.4, -0.2) is 54.1 Å². The summed E-state index contributed by atoms with van der Waals surface area (Å²) in [6.45, 7) is 5.84. The number of carbonyl (C=O) groups excluding carboxylic acids is 1. The third-order valence-electron chi connectivity index (χ3n) is 7.14. The van der Waals surface area contributed by atoms with Crippen molar-refractivity contribution in [1.29, 1.82) is 5.26 Å². The second-order valence-electron chi connectivity index (χ2n) is 10.3. The third-order valence-corrected chi connectivity index (χ3v) is 7.45. The van der Waals surface area contributed by atoms with Crippen LogP contribution in [-0.2, 0) is 10.2 Å². The number of carbonyl (C=O) groups is 1. The monoisotopic (exact) mass is 557 g/mol. The average molecular weight is 558 g/mol. The summed E-state index contributed by atoms with van der Waals surface area (Å²) < 4.78 is 21.3. The van der Waals surface area contributed by atoms with Gasteiger partial charge in [-0.3, -0.25) is 9.79 Å². The summed E-state index contributed by atoms with van der Waals surface area (Å²) in [7, 11) is 0. The Morgan fingerprint density at radius 3 is 2.85 bits per heavy atom. The summed E-state index contributed by atoms with van der Waals surface area (Å²) in [5, 5.41) is 15.6. The number of benzene rings is 2. The van der Waals surface area contributed by atoms with Gasteiger partial charge in [0.25, 0.3) is 5.91 Å². The molecule has 2 aromatic carbocycles. The molecule has 1 aromatic heterocycles. The van der Waals surface area contributed by atoms with Crippen molar-refractivity contribution in [3.8, 4) is 6.07 Å². The Labute approximate surface area is 235 Å². The Balaban J connectivity index is 1.34. The first-order chi connectivity index (χ1) is 19.2. The number of amides is 1. The van der Waals surface area contributed by atoms with Crippen LogP contribution in [0.4, 0.5) is 21.8 Å². The maximum Gasteiger partial charge on any atom is 0.255 e. The second-order valence-corrected chi connectivity index (χ2v) is 10.7. The molecule has 0 radical (unpaired) electrons. The highest BCUT2D eigenvalue weighted by Crippen LogP contribution is 2.40. The van der Waals surface area contributed by atoms with Gasteiger partial charge in [-0.15, -0.1) is 0 Å². The number of aliphatic imine (C=N–C) groups is 1. The van der Waals surface area contributed by atoms with Gasteiger partial charge in [-0.2, -0.15) is 10.2 Å². The fourth-order valence-corrected chi connectivity index (χ4v) is 5.01. The molecule has 1 amide bonds. The summed E-state index contributed by atoms with van der Waals surface area (Å²) in [6, 6.07) is 12.1. The molecule has 4 heterocycles. The Hall–Kier alpha value is -4.33. The zero-order valence-corrected chi connectivity index (χ0v) is 22.6. The van der Waals surface area contributed by atoms with Crippen LogP contribution in [0.25, 0.3) is 11.6 Å². The molecule has 11 heteroatoms. The summed E-state index contributed by atoms with van der Waals surface area (Å²) in [5.74, 6) is 0.545. The Kier molecular flexibility index (Phi) is 6.49. The molecule has 9 nitrogen and oxygen atoms in total. The predicted octanol–water partition coefficient (Wildman–Crippen LogP) is 4.91. The molecule has 3 aromatic rings. The quantitative estimate of drug-likeness (QED) is 0.442. The number of amidine groups is 1. The van der Waals surface area contributed by atoms with Crippen molar-refractivity contribution in [3.63, 3.8) is 0 Å². The van der Waals surface area contributed by atoms with Crippen LogP contribution in [0.1, 0.15) is 40.9 Å². The van der Waals surface area contributed by atoms with Gasteiger partial charge in [-0.1, -0.05) is 23.7 Å². The van der Waals surface area contributed by atoms with Crippen molar-refractivity contribution < 1.29 is 13.9 Å². The van der Waals surface area contributed by atoms with Gasteiger partial charge in [0.05, 0.1) is 48.0 Å². The minimum Gasteiger partial charge on any atom is -0.377 e. The first kappa shape index (κ1) is 25.9. The fraction of sp³-hybridized carbons (Fsp3) is 0.276. The van der Waals surface area contributed by atoms with Crippen molar-refractivity contribution in [2.24, 2.45) is 4.99 Å². The van der Waals surface area contributed by atoms with E-state index in [0.717, 1.165) is 0 Å². The third kappa shape index (κ3) is 4.57. The lowest BCUT2D eigenvalue weighted by atomic mass is 9.85. The molecule has 0 saturated carbocycles. The van der Waals surface area contributed by atoms with E-state index in [1.54, 1.807) is 56.5 Å². The number of hydrogen-bond donors (Lipinski definition) is 2. The molecular weight excluding hydrogens is 533 g/mol. The molecule has 1 fully saturated rings.